The molecule has 0 aliphatic heterocycles. The molecular weight excluding hydrogens is 259 g/mol. The largest absolute Gasteiger partial charge is 0.399 e. The normalized spacial score (nSPS) is 13.5. The Labute approximate surface area is 106 Å². The Morgan fingerprint density at radius 1 is 1.50 bits per heavy atom. The van der Waals surface area contributed by atoms with E-state index in [9.17, 15) is 12.8 Å². The second-order valence-corrected chi connectivity index (χ2v) is 5.61. The van der Waals surface area contributed by atoms with Gasteiger partial charge in [0.1, 0.15) is 10.7 Å². The fraction of sp³-hybridized carbons (Fsp3) is 0.455. The molecule has 0 amide bonds. The zero-order valence-electron chi connectivity index (χ0n) is 10.1. The molecule has 1 aromatic carbocycles. The van der Waals surface area contributed by atoms with Gasteiger partial charge in [0.2, 0.25) is 10.0 Å². The average Bonchev–Trinajstić information content (AvgIpc) is 2.27. The third kappa shape index (κ3) is 3.66. The van der Waals surface area contributed by atoms with Gasteiger partial charge in [-0.2, -0.15) is 0 Å². The Balaban J connectivity index is 2.99. The van der Waals surface area contributed by atoms with Crippen LogP contribution in [0.25, 0.3) is 0 Å². The number of halogens is 1. The molecule has 0 aliphatic rings. The van der Waals surface area contributed by atoms with E-state index in [2.05, 4.69) is 4.72 Å². The minimum atomic E-state index is -3.93. The predicted molar refractivity (Wildman–Crippen MR) is 66.9 cm³/mol. The second kappa shape index (κ2) is 6.12. The van der Waals surface area contributed by atoms with Gasteiger partial charge in [0.25, 0.3) is 0 Å². The summed E-state index contributed by atoms with van der Waals surface area (Å²) < 4.78 is 39.8. The molecule has 0 fully saturated rings. The monoisotopic (exact) mass is 276 g/mol. The molecule has 1 unspecified atom stereocenters. The summed E-state index contributed by atoms with van der Waals surface area (Å²) >= 11 is 0. The highest BCUT2D eigenvalue weighted by Crippen LogP contribution is 2.18. The molecule has 0 saturated carbocycles. The van der Waals surface area contributed by atoms with Gasteiger partial charge in [-0.15, -0.1) is 0 Å². The van der Waals surface area contributed by atoms with Crippen LogP contribution in [-0.2, 0) is 10.0 Å². The third-order valence-electron chi connectivity index (χ3n) is 2.54. The molecule has 0 heterocycles. The molecule has 18 heavy (non-hydrogen) atoms. The highest BCUT2D eigenvalue weighted by atomic mass is 32.2. The lowest BCUT2D eigenvalue weighted by Gasteiger charge is -2.16. The van der Waals surface area contributed by atoms with E-state index in [1.807, 2.05) is 0 Å². The minimum absolute atomic E-state index is 0.134. The summed E-state index contributed by atoms with van der Waals surface area (Å²) in [7, 11) is -3.93. The minimum Gasteiger partial charge on any atom is -0.399 e. The summed E-state index contributed by atoms with van der Waals surface area (Å²) in [6.45, 7) is 1.65. The molecule has 1 aromatic rings. The third-order valence-corrected chi connectivity index (χ3v) is 4.09. The highest BCUT2D eigenvalue weighted by Gasteiger charge is 2.22. The van der Waals surface area contributed by atoms with Crippen molar-refractivity contribution in [2.75, 3.05) is 12.3 Å². The smallest absolute Gasteiger partial charge is 0.243 e. The van der Waals surface area contributed by atoms with Gasteiger partial charge in [-0.1, -0.05) is 6.92 Å². The number of nitrogens with two attached hydrogens (primary N) is 1. The van der Waals surface area contributed by atoms with Gasteiger partial charge in [-0.05, 0) is 31.0 Å². The number of nitrogen functional groups attached to an aromatic ring is 1. The molecule has 1 rings (SSSR count). The number of hydrogen-bond acceptors (Lipinski definition) is 4. The van der Waals surface area contributed by atoms with Gasteiger partial charge in [0.05, 0.1) is 0 Å². The number of rotatable bonds is 6. The first-order valence-electron chi connectivity index (χ1n) is 5.59. The maximum absolute atomic E-state index is 13.5. The van der Waals surface area contributed by atoms with Gasteiger partial charge in [-0.3, -0.25) is 0 Å². The number of hydrogen-bond donors (Lipinski definition) is 3. The number of nitrogens with one attached hydrogen (secondary N) is 1. The fourth-order valence-corrected chi connectivity index (χ4v) is 2.93. The zero-order valence-corrected chi connectivity index (χ0v) is 10.9. The molecule has 5 nitrogen and oxygen atoms in total. The quantitative estimate of drug-likeness (QED) is 0.671. The van der Waals surface area contributed by atoms with Crippen molar-refractivity contribution >= 4 is 15.7 Å². The molecule has 0 aromatic heterocycles. The molecule has 0 bridgehead atoms. The van der Waals surface area contributed by atoms with Gasteiger partial charge >= 0.3 is 0 Å². The Hall–Kier alpha value is -1.18. The van der Waals surface area contributed by atoms with Crippen LogP contribution in [0.3, 0.4) is 0 Å². The van der Waals surface area contributed by atoms with Crippen molar-refractivity contribution in [1.82, 2.24) is 4.72 Å². The van der Waals surface area contributed by atoms with E-state index in [1.165, 1.54) is 6.07 Å². The van der Waals surface area contributed by atoms with Gasteiger partial charge in [0, 0.05) is 18.3 Å². The van der Waals surface area contributed by atoms with Crippen LogP contribution in [0.1, 0.15) is 19.8 Å². The Morgan fingerprint density at radius 3 is 2.67 bits per heavy atom. The molecule has 102 valence electrons. The maximum Gasteiger partial charge on any atom is 0.243 e. The molecule has 1 atom stereocenters. The standard InChI is InChI=1S/C11H17FN2O3S/c1-2-9(5-6-15)14-18(16,17)11-4-3-8(13)7-10(11)12/h3-4,7,9,14-15H,2,5-6,13H2,1H3. The lowest BCUT2D eigenvalue weighted by molar-refractivity contribution is 0.270. The first kappa shape index (κ1) is 14.9. The van der Waals surface area contributed by atoms with Crippen molar-refractivity contribution < 1.29 is 17.9 Å². The second-order valence-electron chi connectivity index (χ2n) is 3.93. The SMILES string of the molecule is CCC(CCO)NS(=O)(=O)c1ccc(N)cc1F. The summed E-state index contributed by atoms with van der Waals surface area (Å²) in [5.41, 5.74) is 5.52. The van der Waals surface area contributed by atoms with E-state index in [-0.39, 0.29) is 18.7 Å². The summed E-state index contributed by atoms with van der Waals surface area (Å²) in [5.74, 6) is -0.888. The van der Waals surface area contributed by atoms with Crippen LogP contribution in [0.5, 0.6) is 0 Å². The lowest BCUT2D eigenvalue weighted by Crippen LogP contribution is -2.35. The zero-order chi connectivity index (χ0) is 13.8. The first-order valence-corrected chi connectivity index (χ1v) is 7.07. The maximum atomic E-state index is 13.5. The molecule has 0 spiro atoms. The first-order chi connectivity index (χ1) is 8.40. The van der Waals surface area contributed by atoms with E-state index < -0.39 is 26.8 Å². The van der Waals surface area contributed by atoms with Gasteiger partial charge in [-0.25, -0.2) is 17.5 Å². The molecule has 0 radical (unpaired) electrons. The van der Waals surface area contributed by atoms with Crippen LogP contribution >= 0.6 is 0 Å². The summed E-state index contributed by atoms with van der Waals surface area (Å²) in [4.78, 5) is -0.437. The van der Waals surface area contributed by atoms with Crippen LogP contribution < -0.4 is 10.5 Å². The van der Waals surface area contributed by atoms with Crippen LogP contribution in [0.15, 0.2) is 23.1 Å². The summed E-state index contributed by atoms with van der Waals surface area (Å²) in [6.07, 6.45) is 0.794. The van der Waals surface area contributed by atoms with Crippen molar-refractivity contribution in [1.29, 1.82) is 0 Å². The van der Waals surface area contributed by atoms with E-state index in [4.69, 9.17) is 10.8 Å². The average molecular weight is 276 g/mol. The lowest BCUT2D eigenvalue weighted by atomic mass is 10.2. The van der Waals surface area contributed by atoms with E-state index in [0.717, 1.165) is 12.1 Å². The van der Waals surface area contributed by atoms with E-state index >= 15 is 0 Å². The Bertz CT molecular complexity index is 505. The van der Waals surface area contributed by atoms with Crippen LogP contribution in [0, 0.1) is 5.82 Å². The van der Waals surface area contributed by atoms with Gasteiger partial charge in [0.15, 0.2) is 0 Å². The number of benzene rings is 1. The summed E-state index contributed by atoms with van der Waals surface area (Å²) in [6, 6.07) is 2.99. The van der Waals surface area contributed by atoms with E-state index in [1.54, 1.807) is 6.92 Å². The molecule has 4 N–H and O–H groups in total. The van der Waals surface area contributed by atoms with Crippen LogP contribution in [0.4, 0.5) is 10.1 Å². The topological polar surface area (TPSA) is 92.4 Å². The molecular formula is C11H17FN2O3S. The van der Waals surface area contributed by atoms with E-state index in [0.29, 0.717) is 6.42 Å². The summed E-state index contributed by atoms with van der Waals surface area (Å²) in [5, 5.41) is 8.80. The van der Waals surface area contributed by atoms with Crippen molar-refractivity contribution in [3.8, 4) is 0 Å². The number of aliphatic hydroxyl groups excluding tert-OH is 1. The van der Waals surface area contributed by atoms with Crippen LogP contribution in [0.2, 0.25) is 0 Å². The van der Waals surface area contributed by atoms with Crippen molar-refractivity contribution in [3.05, 3.63) is 24.0 Å². The highest BCUT2D eigenvalue weighted by molar-refractivity contribution is 7.89. The fourth-order valence-electron chi connectivity index (χ4n) is 1.52. The van der Waals surface area contributed by atoms with Crippen molar-refractivity contribution in [2.24, 2.45) is 0 Å². The molecule has 0 saturated heterocycles. The number of aliphatic hydroxyl groups is 1. The molecule has 7 heteroatoms. The van der Waals surface area contributed by atoms with Crippen LogP contribution in [-0.4, -0.2) is 26.2 Å². The number of sulfonamides is 1. The Kier molecular flexibility index (Phi) is 5.06. The molecule has 0 aliphatic carbocycles. The van der Waals surface area contributed by atoms with Crippen molar-refractivity contribution in [2.45, 2.75) is 30.7 Å². The predicted octanol–water partition coefficient (Wildman–Crippen LogP) is 0.847. The Morgan fingerprint density at radius 2 is 2.17 bits per heavy atom. The van der Waals surface area contributed by atoms with Crippen molar-refractivity contribution in [3.63, 3.8) is 0 Å². The van der Waals surface area contributed by atoms with Gasteiger partial charge < -0.3 is 10.8 Å². The number of anilines is 1.